The minimum atomic E-state index is -1.01. The molecule has 0 fully saturated rings. The Kier molecular flexibility index (Phi) is 9.77. The largest absolute Gasteiger partial charge is 0.481 e. The van der Waals surface area contributed by atoms with Crippen molar-refractivity contribution < 1.29 is 23.8 Å². The van der Waals surface area contributed by atoms with Gasteiger partial charge in [0.15, 0.2) is 6.10 Å². The zero-order chi connectivity index (χ0) is 27.3. The number of nitrogens with zero attached hydrogens (tertiary/aromatic N) is 1. The molecule has 1 aliphatic heterocycles. The topological polar surface area (TPSA) is 138 Å². The van der Waals surface area contributed by atoms with Crippen molar-refractivity contribution in [2.75, 3.05) is 0 Å². The second-order valence-corrected chi connectivity index (χ2v) is 11.3. The van der Waals surface area contributed by atoms with E-state index in [1.165, 1.54) is 0 Å². The molecule has 0 aromatic heterocycles. The molecule has 5 N–H and O–H groups in total. The van der Waals surface area contributed by atoms with Crippen molar-refractivity contribution in [3.63, 3.8) is 0 Å². The van der Waals surface area contributed by atoms with Crippen molar-refractivity contribution in [3.8, 4) is 5.75 Å². The van der Waals surface area contributed by atoms with Crippen LogP contribution in [0, 0.1) is 5.92 Å². The molecule has 0 saturated heterocycles. The molecule has 0 saturated carbocycles. The van der Waals surface area contributed by atoms with E-state index in [9.17, 15) is 9.59 Å². The second-order valence-electron chi connectivity index (χ2n) is 11.3. The van der Waals surface area contributed by atoms with Gasteiger partial charge >= 0.3 is 12.1 Å². The van der Waals surface area contributed by atoms with E-state index in [4.69, 9.17) is 25.7 Å². The van der Waals surface area contributed by atoms with Crippen LogP contribution >= 0.6 is 0 Å². The van der Waals surface area contributed by atoms with Gasteiger partial charge in [0.2, 0.25) is 0 Å². The Morgan fingerprint density at radius 1 is 1.14 bits per heavy atom. The fourth-order valence-corrected chi connectivity index (χ4v) is 4.55. The second kappa shape index (κ2) is 12.0. The highest BCUT2D eigenvalue weighted by molar-refractivity contribution is 5.90. The van der Waals surface area contributed by atoms with Crippen LogP contribution in [0.3, 0.4) is 0 Å². The van der Waals surface area contributed by atoms with Crippen LogP contribution in [-0.2, 0) is 14.3 Å². The van der Waals surface area contributed by atoms with Crippen LogP contribution in [0.4, 0.5) is 10.5 Å². The number of hydrogen-bond acceptors (Lipinski definition) is 8. The van der Waals surface area contributed by atoms with Gasteiger partial charge in [-0.3, -0.25) is 0 Å². The van der Waals surface area contributed by atoms with Crippen LogP contribution in [-0.4, -0.2) is 41.2 Å². The van der Waals surface area contributed by atoms with Crippen molar-refractivity contribution in [2.24, 2.45) is 22.4 Å². The lowest BCUT2D eigenvalue weighted by molar-refractivity contribution is -0.159. The predicted octanol–water partition coefficient (Wildman–Crippen LogP) is 4.89. The van der Waals surface area contributed by atoms with E-state index in [0.717, 1.165) is 19.3 Å². The van der Waals surface area contributed by atoms with E-state index in [1.807, 2.05) is 41.5 Å². The smallest absolute Gasteiger partial charge is 0.407 e. The molecule has 3 unspecified atom stereocenters. The molecule has 1 aromatic carbocycles. The number of fused-ring (bicyclic) bond motifs is 1. The summed E-state index contributed by atoms with van der Waals surface area (Å²) < 4.78 is 17.2. The quantitative estimate of drug-likeness (QED) is 0.365. The summed E-state index contributed by atoms with van der Waals surface area (Å²) in [6, 6.07) is 3.89. The molecule has 1 amide bonds. The summed E-state index contributed by atoms with van der Waals surface area (Å²) in [4.78, 5) is 29.9. The van der Waals surface area contributed by atoms with Crippen molar-refractivity contribution >= 4 is 23.6 Å². The van der Waals surface area contributed by atoms with E-state index >= 15 is 0 Å². The molecule has 1 aromatic rings. The lowest BCUT2D eigenvalue weighted by Gasteiger charge is -2.32. The first-order valence-electron chi connectivity index (χ1n) is 12.7. The number of amides is 1. The summed E-state index contributed by atoms with van der Waals surface area (Å²) in [5, 5.41) is 2.96. The Hall–Kier alpha value is -2.81. The summed E-state index contributed by atoms with van der Waals surface area (Å²) in [6.45, 7) is 15.5. The molecule has 36 heavy (non-hydrogen) atoms. The fourth-order valence-electron chi connectivity index (χ4n) is 4.55. The molecule has 1 aliphatic rings. The highest BCUT2D eigenvalue weighted by Gasteiger charge is 2.32. The number of nitrogens with one attached hydrogen (secondary N) is 1. The van der Waals surface area contributed by atoms with Crippen LogP contribution in [0.2, 0.25) is 0 Å². The van der Waals surface area contributed by atoms with Crippen LogP contribution < -0.4 is 21.5 Å². The molecule has 0 radical (unpaired) electrons. The van der Waals surface area contributed by atoms with E-state index in [-0.39, 0.29) is 12.1 Å². The summed E-state index contributed by atoms with van der Waals surface area (Å²) >= 11 is 0. The third-order valence-electron chi connectivity index (χ3n) is 5.91. The average Bonchev–Trinajstić information content (AvgIpc) is 2.71. The highest BCUT2D eigenvalue weighted by Crippen LogP contribution is 2.34. The first-order valence-corrected chi connectivity index (χ1v) is 12.7. The molecule has 9 nitrogen and oxygen atoms in total. The number of benzene rings is 1. The van der Waals surface area contributed by atoms with Crippen LogP contribution in [0.15, 0.2) is 23.2 Å². The van der Waals surface area contributed by atoms with Gasteiger partial charge in [-0.05, 0) is 71.1 Å². The third kappa shape index (κ3) is 8.69. The number of carbonyl (C=O) groups excluding carboxylic acids is 2. The minimum absolute atomic E-state index is 0.225. The Bertz CT molecular complexity index is 957. The molecule has 0 spiro atoms. The van der Waals surface area contributed by atoms with Gasteiger partial charge in [0, 0.05) is 12.5 Å². The number of esters is 1. The summed E-state index contributed by atoms with van der Waals surface area (Å²) in [5.74, 6) is 0.769. The highest BCUT2D eigenvalue weighted by atomic mass is 16.6. The van der Waals surface area contributed by atoms with Gasteiger partial charge in [-0.15, -0.1) is 0 Å². The summed E-state index contributed by atoms with van der Waals surface area (Å²) in [5.41, 5.74) is 11.7. The Balaban J connectivity index is 2.03. The number of ether oxygens (including phenoxy) is 3. The molecule has 2 rings (SSSR count). The number of aliphatic imine (C=N–C) groups is 1. The maximum atomic E-state index is 12.9. The van der Waals surface area contributed by atoms with Crippen LogP contribution in [0.5, 0.6) is 5.75 Å². The number of rotatable bonds is 11. The van der Waals surface area contributed by atoms with Gasteiger partial charge in [0.25, 0.3) is 0 Å². The zero-order valence-corrected chi connectivity index (χ0v) is 23.0. The molecular weight excluding hydrogens is 460 g/mol. The Labute approximate surface area is 215 Å². The SMILES string of the molecule is CCCC(CC(C)(C)OC(=O)C(N)c1ccc2c(c1)N=C(N)C(C)O2)NC(=O)OC(C)(C)CC(C)C. The van der Waals surface area contributed by atoms with Crippen LogP contribution in [0.1, 0.15) is 92.7 Å². The van der Waals surface area contributed by atoms with Crippen molar-refractivity contribution in [2.45, 2.75) is 110 Å². The van der Waals surface area contributed by atoms with Gasteiger partial charge in [0.1, 0.15) is 34.5 Å². The summed E-state index contributed by atoms with van der Waals surface area (Å²) in [6.07, 6.45) is 1.95. The first kappa shape index (κ1) is 29.4. The Morgan fingerprint density at radius 3 is 2.39 bits per heavy atom. The third-order valence-corrected chi connectivity index (χ3v) is 5.91. The van der Waals surface area contributed by atoms with Gasteiger partial charge < -0.3 is 31.0 Å². The van der Waals surface area contributed by atoms with E-state index in [2.05, 4.69) is 24.2 Å². The van der Waals surface area contributed by atoms with Gasteiger partial charge in [0.05, 0.1) is 0 Å². The average molecular weight is 505 g/mol. The Morgan fingerprint density at radius 2 is 1.78 bits per heavy atom. The molecule has 9 heteroatoms. The molecule has 0 aliphatic carbocycles. The molecular formula is C27H44N4O5. The summed E-state index contributed by atoms with van der Waals surface area (Å²) in [7, 11) is 0. The fraction of sp³-hybridized carbons (Fsp3) is 0.667. The normalized spacial score (nSPS) is 17.4. The molecule has 3 atom stereocenters. The predicted molar refractivity (Wildman–Crippen MR) is 141 cm³/mol. The number of nitrogens with two attached hydrogens (primary N) is 2. The lowest BCUT2D eigenvalue weighted by Crippen LogP contribution is -2.45. The lowest BCUT2D eigenvalue weighted by atomic mass is 9.95. The molecule has 0 bridgehead atoms. The number of carbonyl (C=O) groups is 2. The van der Waals surface area contributed by atoms with E-state index in [0.29, 0.717) is 35.2 Å². The van der Waals surface area contributed by atoms with Gasteiger partial charge in [-0.2, -0.15) is 0 Å². The van der Waals surface area contributed by atoms with Gasteiger partial charge in [-0.25, -0.2) is 14.6 Å². The standard InChI is InChI=1S/C27H44N4O5/c1-9-10-19(30-25(33)36-26(5,6)14-16(2)3)15-27(7,8)35-24(32)22(28)18-11-12-21-20(13-18)31-23(29)17(4)34-21/h11-13,16-17,19,22H,9-10,14-15,28H2,1-8H3,(H2,29,31)(H,30,33). The zero-order valence-electron chi connectivity index (χ0n) is 23.0. The maximum Gasteiger partial charge on any atom is 0.407 e. The van der Waals surface area contributed by atoms with Crippen molar-refractivity contribution in [3.05, 3.63) is 23.8 Å². The number of amidine groups is 1. The van der Waals surface area contributed by atoms with Crippen molar-refractivity contribution in [1.29, 1.82) is 0 Å². The maximum absolute atomic E-state index is 12.9. The van der Waals surface area contributed by atoms with Crippen molar-refractivity contribution in [1.82, 2.24) is 5.32 Å². The number of hydrogen-bond donors (Lipinski definition) is 3. The first-order chi connectivity index (χ1) is 16.6. The van der Waals surface area contributed by atoms with E-state index in [1.54, 1.807) is 18.2 Å². The van der Waals surface area contributed by atoms with Crippen LogP contribution in [0.25, 0.3) is 0 Å². The minimum Gasteiger partial charge on any atom is -0.481 e. The number of alkyl carbamates (subject to hydrolysis) is 1. The monoisotopic (exact) mass is 504 g/mol. The van der Waals surface area contributed by atoms with E-state index < -0.39 is 29.3 Å². The molecule has 1 heterocycles. The van der Waals surface area contributed by atoms with Gasteiger partial charge in [-0.1, -0.05) is 33.3 Å². The molecule has 202 valence electrons.